The molecule has 0 unspecified atom stereocenters. The molecule has 0 saturated carbocycles. The van der Waals surface area contributed by atoms with Crippen LogP contribution in [0.25, 0.3) is 10.9 Å². The van der Waals surface area contributed by atoms with Crippen molar-refractivity contribution in [3.8, 4) is 0 Å². The topological polar surface area (TPSA) is 124 Å². The second-order valence-electron chi connectivity index (χ2n) is 5.77. The summed E-state index contributed by atoms with van der Waals surface area (Å²) in [6.07, 6.45) is 5.16. The summed E-state index contributed by atoms with van der Waals surface area (Å²) in [4.78, 5) is 19.3. The van der Waals surface area contributed by atoms with E-state index in [-0.39, 0.29) is 11.7 Å². The van der Waals surface area contributed by atoms with Crippen LogP contribution >= 0.6 is 11.8 Å². The second-order valence-corrected chi connectivity index (χ2v) is 6.71. The van der Waals surface area contributed by atoms with Crippen molar-refractivity contribution in [2.45, 2.75) is 11.7 Å². The molecule has 4 N–H and O–H groups in total. The minimum Gasteiger partial charge on any atom is -0.467 e. The van der Waals surface area contributed by atoms with Crippen LogP contribution in [0.3, 0.4) is 0 Å². The van der Waals surface area contributed by atoms with Gasteiger partial charge < -0.3 is 14.7 Å². The second kappa shape index (κ2) is 8.44. The van der Waals surface area contributed by atoms with Gasteiger partial charge in [-0.1, -0.05) is 30.0 Å². The number of furan rings is 1. The molecule has 0 aliphatic rings. The maximum atomic E-state index is 11.8. The zero-order chi connectivity index (χ0) is 19.2. The van der Waals surface area contributed by atoms with Gasteiger partial charge in [0.2, 0.25) is 17.0 Å². The summed E-state index contributed by atoms with van der Waals surface area (Å²) in [5, 5.41) is 15.3. The number of fused-ring (bicyclic) bond motifs is 1. The third kappa shape index (κ3) is 4.41. The number of aromatic amines is 2. The molecule has 3 heterocycles. The van der Waals surface area contributed by atoms with Gasteiger partial charge in [-0.2, -0.15) is 10.1 Å². The van der Waals surface area contributed by atoms with Crippen molar-refractivity contribution in [3.05, 3.63) is 60.2 Å². The van der Waals surface area contributed by atoms with Crippen LogP contribution < -0.4 is 10.7 Å². The monoisotopic (exact) mass is 395 g/mol. The van der Waals surface area contributed by atoms with Gasteiger partial charge in [-0.05, 0) is 18.2 Å². The van der Waals surface area contributed by atoms with E-state index in [2.05, 4.69) is 36.0 Å². The maximum Gasteiger partial charge on any atom is 0.240 e. The molecule has 1 aromatic carbocycles. The van der Waals surface area contributed by atoms with Crippen molar-refractivity contribution in [1.82, 2.24) is 25.5 Å². The van der Waals surface area contributed by atoms with Gasteiger partial charge in [0.15, 0.2) is 0 Å². The number of amides is 1. The van der Waals surface area contributed by atoms with Crippen LogP contribution in [0, 0.1) is 0 Å². The van der Waals surface area contributed by atoms with Gasteiger partial charge in [0.1, 0.15) is 5.76 Å². The number of thioether (sulfide) groups is 1. The lowest BCUT2D eigenvalue weighted by atomic mass is 10.2. The Morgan fingerprint density at radius 1 is 1.29 bits per heavy atom. The first-order chi connectivity index (χ1) is 13.8. The number of hydrogen-bond donors (Lipinski definition) is 4. The number of carbonyl (C=O) groups excluding carboxylic acids is 1. The average molecular weight is 395 g/mol. The van der Waals surface area contributed by atoms with Gasteiger partial charge in [0.05, 0.1) is 24.8 Å². The molecule has 9 nitrogen and oxygen atoms in total. The van der Waals surface area contributed by atoms with E-state index < -0.39 is 0 Å². The van der Waals surface area contributed by atoms with Crippen LogP contribution in [0.1, 0.15) is 11.3 Å². The minimum atomic E-state index is -0.127. The molecule has 28 heavy (non-hydrogen) atoms. The van der Waals surface area contributed by atoms with Crippen molar-refractivity contribution >= 4 is 40.7 Å². The highest BCUT2D eigenvalue weighted by Crippen LogP contribution is 2.16. The van der Waals surface area contributed by atoms with Crippen LogP contribution in [0.15, 0.2) is 63.5 Å². The standard InChI is InChI=1S/C18H17N7O2S/c26-16(20-10-13-4-3-7-27-13)11-28-18-22-17(24-25-18)23-21-9-12-8-19-15-6-2-1-5-14(12)15/h1-9,19H,10-11H2,(H,20,26)(H2,22,23,24,25)/b21-9+. The quantitative estimate of drug-likeness (QED) is 0.207. The smallest absolute Gasteiger partial charge is 0.240 e. The third-order valence-corrected chi connectivity index (χ3v) is 4.68. The maximum absolute atomic E-state index is 11.8. The lowest BCUT2D eigenvalue weighted by molar-refractivity contribution is -0.118. The summed E-state index contributed by atoms with van der Waals surface area (Å²) in [7, 11) is 0. The molecular weight excluding hydrogens is 378 g/mol. The summed E-state index contributed by atoms with van der Waals surface area (Å²) >= 11 is 1.23. The van der Waals surface area contributed by atoms with E-state index in [0.29, 0.717) is 23.4 Å². The summed E-state index contributed by atoms with van der Waals surface area (Å²) < 4.78 is 5.16. The molecule has 0 fully saturated rings. The molecule has 142 valence electrons. The first kappa shape index (κ1) is 17.9. The van der Waals surface area contributed by atoms with Gasteiger partial charge >= 0.3 is 0 Å². The van der Waals surface area contributed by atoms with Gasteiger partial charge in [0, 0.05) is 22.7 Å². The predicted octanol–water partition coefficient (Wildman–Crippen LogP) is 2.73. The molecule has 4 rings (SSSR count). The molecular formula is C18H17N7O2S. The lowest BCUT2D eigenvalue weighted by Crippen LogP contribution is -2.24. The Bertz CT molecular complexity index is 1080. The molecule has 0 saturated heterocycles. The van der Waals surface area contributed by atoms with Crippen LogP contribution in [0.2, 0.25) is 0 Å². The molecule has 0 bridgehead atoms. The molecule has 3 aromatic heterocycles. The SMILES string of the molecule is O=C(CSc1n[nH]c(N/N=C/c2c[nH]c3ccccc23)n1)NCc1ccco1. The van der Waals surface area contributed by atoms with E-state index in [4.69, 9.17) is 4.42 Å². The number of anilines is 1. The van der Waals surface area contributed by atoms with E-state index in [1.165, 1.54) is 11.8 Å². The number of rotatable bonds is 8. The molecule has 10 heteroatoms. The van der Waals surface area contributed by atoms with Crippen molar-refractivity contribution in [2.75, 3.05) is 11.2 Å². The largest absolute Gasteiger partial charge is 0.467 e. The minimum absolute atomic E-state index is 0.127. The van der Waals surface area contributed by atoms with Crippen LogP contribution in [-0.2, 0) is 11.3 Å². The number of carbonyl (C=O) groups is 1. The summed E-state index contributed by atoms with van der Waals surface area (Å²) in [5.74, 6) is 1.18. The summed E-state index contributed by atoms with van der Waals surface area (Å²) in [6.45, 7) is 0.357. The fourth-order valence-electron chi connectivity index (χ4n) is 2.50. The average Bonchev–Trinajstić information content (AvgIpc) is 3.46. The van der Waals surface area contributed by atoms with Gasteiger partial charge in [-0.3, -0.25) is 4.79 Å². The Morgan fingerprint density at radius 2 is 2.21 bits per heavy atom. The zero-order valence-corrected chi connectivity index (χ0v) is 15.5. The number of aromatic nitrogens is 4. The molecule has 4 aromatic rings. The van der Waals surface area contributed by atoms with E-state index in [1.807, 2.05) is 30.5 Å². The van der Waals surface area contributed by atoms with Crippen LogP contribution in [0.5, 0.6) is 0 Å². The fourth-order valence-corrected chi connectivity index (χ4v) is 3.13. The number of nitrogens with zero attached hydrogens (tertiary/aromatic N) is 3. The highest BCUT2D eigenvalue weighted by atomic mass is 32.2. The molecule has 0 aliphatic carbocycles. The Morgan fingerprint density at radius 3 is 3.11 bits per heavy atom. The van der Waals surface area contributed by atoms with E-state index in [9.17, 15) is 4.79 Å². The Kier molecular flexibility index (Phi) is 5.38. The molecule has 0 radical (unpaired) electrons. The van der Waals surface area contributed by atoms with Gasteiger partial charge in [-0.25, -0.2) is 10.5 Å². The van der Waals surface area contributed by atoms with Crippen molar-refractivity contribution < 1.29 is 9.21 Å². The number of H-pyrrole nitrogens is 2. The fraction of sp³-hybridized carbons (Fsp3) is 0.111. The summed E-state index contributed by atoms with van der Waals surface area (Å²) in [5.41, 5.74) is 4.81. The van der Waals surface area contributed by atoms with Crippen LogP contribution in [0.4, 0.5) is 5.95 Å². The van der Waals surface area contributed by atoms with E-state index >= 15 is 0 Å². The first-order valence-electron chi connectivity index (χ1n) is 8.47. The molecule has 0 spiro atoms. The zero-order valence-electron chi connectivity index (χ0n) is 14.7. The molecule has 1 amide bonds. The van der Waals surface area contributed by atoms with E-state index in [0.717, 1.165) is 16.5 Å². The molecule has 0 aliphatic heterocycles. The van der Waals surface area contributed by atoms with Gasteiger partial charge in [0.25, 0.3) is 0 Å². The Hall–Kier alpha value is -3.53. The summed E-state index contributed by atoms with van der Waals surface area (Å²) in [6, 6.07) is 11.6. The first-order valence-corrected chi connectivity index (χ1v) is 9.46. The normalized spacial score (nSPS) is 11.3. The van der Waals surface area contributed by atoms with Crippen molar-refractivity contribution in [1.29, 1.82) is 0 Å². The lowest BCUT2D eigenvalue weighted by Gasteiger charge is -2.01. The number of hydrazone groups is 1. The Labute approximate surface area is 164 Å². The highest BCUT2D eigenvalue weighted by molar-refractivity contribution is 7.99. The Balaban J connectivity index is 1.25. The number of hydrogen-bond acceptors (Lipinski definition) is 7. The number of para-hydroxylation sites is 1. The van der Waals surface area contributed by atoms with Crippen molar-refractivity contribution in [3.63, 3.8) is 0 Å². The third-order valence-electron chi connectivity index (χ3n) is 3.83. The van der Waals surface area contributed by atoms with E-state index in [1.54, 1.807) is 24.6 Å². The van der Waals surface area contributed by atoms with Crippen molar-refractivity contribution in [2.24, 2.45) is 5.10 Å². The molecule has 0 atom stereocenters. The number of benzene rings is 1. The van der Waals surface area contributed by atoms with Crippen LogP contribution in [-0.4, -0.2) is 38.0 Å². The predicted molar refractivity (Wildman–Crippen MR) is 107 cm³/mol. The number of nitrogens with one attached hydrogen (secondary N) is 4. The van der Waals surface area contributed by atoms with Gasteiger partial charge in [-0.15, -0.1) is 5.10 Å². The highest BCUT2D eigenvalue weighted by Gasteiger charge is 2.08.